The van der Waals surface area contributed by atoms with E-state index in [0.29, 0.717) is 24.3 Å². The molecule has 0 atom stereocenters. The molecular formula is C21H20FN3O. The Balaban J connectivity index is 1.54. The Morgan fingerprint density at radius 3 is 2.65 bits per heavy atom. The number of aryl methyl sites for hydroxylation is 1. The molecule has 4 nitrogen and oxygen atoms in total. The first-order chi connectivity index (χ1) is 12.6. The molecule has 0 spiro atoms. The number of carbonyl (C=O) groups is 1. The largest absolute Gasteiger partial charge is 0.380 e. The smallest absolute Gasteiger partial charge is 0.229 e. The Morgan fingerprint density at radius 2 is 1.92 bits per heavy atom. The van der Waals surface area contributed by atoms with Crippen molar-refractivity contribution >= 4 is 17.4 Å². The van der Waals surface area contributed by atoms with Gasteiger partial charge in [0.1, 0.15) is 11.6 Å². The second kappa shape index (κ2) is 8.25. The minimum Gasteiger partial charge on any atom is -0.380 e. The maximum atomic E-state index is 13.6. The molecule has 0 fully saturated rings. The molecule has 3 rings (SSSR count). The van der Waals surface area contributed by atoms with E-state index in [9.17, 15) is 9.18 Å². The number of pyridine rings is 1. The van der Waals surface area contributed by atoms with Crippen molar-refractivity contribution in [3.8, 4) is 0 Å². The SMILES string of the molecule is Cc1cccc(CC(=O)Nc2ccc(NCc3ccccc3F)cn2)c1. The molecule has 0 saturated carbocycles. The normalized spacial score (nSPS) is 10.4. The number of nitrogens with zero attached hydrogens (tertiary/aromatic N) is 1. The molecule has 0 aliphatic heterocycles. The van der Waals surface area contributed by atoms with E-state index in [1.54, 1.807) is 36.5 Å². The monoisotopic (exact) mass is 349 g/mol. The van der Waals surface area contributed by atoms with Crippen LogP contribution < -0.4 is 10.6 Å². The van der Waals surface area contributed by atoms with Gasteiger partial charge in [0.05, 0.1) is 18.3 Å². The lowest BCUT2D eigenvalue weighted by Gasteiger charge is -2.09. The highest BCUT2D eigenvalue weighted by Crippen LogP contribution is 2.13. The van der Waals surface area contributed by atoms with Crippen molar-refractivity contribution in [3.63, 3.8) is 0 Å². The Hall–Kier alpha value is -3.21. The second-order valence-electron chi connectivity index (χ2n) is 6.09. The molecule has 2 aromatic carbocycles. The molecule has 2 N–H and O–H groups in total. The molecule has 3 aromatic rings. The summed E-state index contributed by atoms with van der Waals surface area (Å²) < 4.78 is 13.6. The molecule has 132 valence electrons. The summed E-state index contributed by atoms with van der Waals surface area (Å²) in [6, 6.07) is 18.0. The minimum absolute atomic E-state index is 0.116. The van der Waals surface area contributed by atoms with Crippen LogP contribution in [0.1, 0.15) is 16.7 Å². The third-order valence-electron chi connectivity index (χ3n) is 3.92. The van der Waals surface area contributed by atoms with Gasteiger partial charge in [0, 0.05) is 12.1 Å². The van der Waals surface area contributed by atoms with Crippen LogP contribution in [0.2, 0.25) is 0 Å². The summed E-state index contributed by atoms with van der Waals surface area (Å²) in [6.45, 7) is 2.36. The summed E-state index contributed by atoms with van der Waals surface area (Å²) in [5.41, 5.74) is 3.43. The standard InChI is InChI=1S/C21H20FN3O/c1-15-5-4-6-16(11-15)12-21(26)25-20-10-9-18(14-24-20)23-13-17-7-2-3-8-19(17)22/h2-11,14,23H,12-13H2,1H3,(H,24,25,26). The summed E-state index contributed by atoms with van der Waals surface area (Å²) in [6.07, 6.45) is 1.92. The zero-order chi connectivity index (χ0) is 18.4. The van der Waals surface area contributed by atoms with Crippen LogP contribution in [0.15, 0.2) is 66.9 Å². The number of carbonyl (C=O) groups excluding carboxylic acids is 1. The van der Waals surface area contributed by atoms with Crippen molar-refractivity contribution in [1.82, 2.24) is 4.98 Å². The van der Waals surface area contributed by atoms with Gasteiger partial charge in [0.2, 0.25) is 5.91 Å². The van der Waals surface area contributed by atoms with Crippen LogP contribution in [-0.2, 0) is 17.8 Å². The van der Waals surface area contributed by atoms with Crippen LogP contribution in [0, 0.1) is 12.7 Å². The van der Waals surface area contributed by atoms with Crippen molar-refractivity contribution in [1.29, 1.82) is 0 Å². The molecule has 0 saturated heterocycles. The molecular weight excluding hydrogens is 329 g/mol. The van der Waals surface area contributed by atoms with Crippen molar-refractivity contribution in [2.24, 2.45) is 0 Å². The first-order valence-electron chi connectivity index (χ1n) is 8.39. The Morgan fingerprint density at radius 1 is 1.08 bits per heavy atom. The van der Waals surface area contributed by atoms with Crippen LogP contribution in [0.25, 0.3) is 0 Å². The fraction of sp³-hybridized carbons (Fsp3) is 0.143. The first-order valence-corrected chi connectivity index (χ1v) is 8.39. The van der Waals surface area contributed by atoms with Crippen LogP contribution in [0.5, 0.6) is 0 Å². The zero-order valence-corrected chi connectivity index (χ0v) is 14.5. The first kappa shape index (κ1) is 17.6. The van der Waals surface area contributed by atoms with E-state index in [2.05, 4.69) is 15.6 Å². The number of benzene rings is 2. The van der Waals surface area contributed by atoms with E-state index in [-0.39, 0.29) is 11.7 Å². The van der Waals surface area contributed by atoms with E-state index in [4.69, 9.17) is 0 Å². The predicted molar refractivity (Wildman–Crippen MR) is 101 cm³/mol. The van der Waals surface area contributed by atoms with E-state index < -0.39 is 0 Å². The van der Waals surface area contributed by atoms with Gasteiger partial charge in [-0.15, -0.1) is 0 Å². The van der Waals surface area contributed by atoms with E-state index >= 15 is 0 Å². The van der Waals surface area contributed by atoms with Gasteiger partial charge in [-0.25, -0.2) is 9.37 Å². The lowest BCUT2D eigenvalue weighted by molar-refractivity contribution is -0.115. The molecule has 1 amide bonds. The molecule has 26 heavy (non-hydrogen) atoms. The lowest BCUT2D eigenvalue weighted by Crippen LogP contribution is -2.15. The zero-order valence-electron chi connectivity index (χ0n) is 14.5. The molecule has 0 unspecified atom stereocenters. The molecule has 1 aromatic heterocycles. The number of anilines is 2. The van der Waals surface area contributed by atoms with Crippen molar-refractivity contribution in [2.45, 2.75) is 19.9 Å². The average molecular weight is 349 g/mol. The van der Waals surface area contributed by atoms with Gasteiger partial charge in [-0.2, -0.15) is 0 Å². The molecule has 0 radical (unpaired) electrons. The molecule has 0 bridgehead atoms. The van der Waals surface area contributed by atoms with Crippen LogP contribution in [0.4, 0.5) is 15.9 Å². The lowest BCUT2D eigenvalue weighted by atomic mass is 10.1. The van der Waals surface area contributed by atoms with Gasteiger partial charge in [0.25, 0.3) is 0 Å². The predicted octanol–water partition coefficient (Wildman–Crippen LogP) is 4.32. The van der Waals surface area contributed by atoms with Gasteiger partial charge in [0.15, 0.2) is 0 Å². The van der Waals surface area contributed by atoms with Crippen LogP contribution in [-0.4, -0.2) is 10.9 Å². The number of halogens is 1. The molecule has 1 heterocycles. The highest BCUT2D eigenvalue weighted by Gasteiger charge is 2.06. The van der Waals surface area contributed by atoms with E-state index in [0.717, 1.165) is 16.8 Å². The summed E-state index contributed by atoms with van der Waals surface area (Å²) in [5, 5.41) is 5.90. The number of hydrogen-bond acceptors (Lipinski definition) is 3. The van der Waals surface area contributed by atoms with Crippen molar-refractivity contribution in [2.75, 3.05) is 10.6 Å². The molecule has 0 aliphatic carbocycles. The number of amides is 1. The topological polar surface area (TPSA) is 54.0 Å². The van der Waals surface area contributed by atoms with Gasteiger partial charge in [-0.1, -0.05) is 48.0 Å². The Labute approximate surface area is 152 Å². The molecule has 5 heteroatoms. The Kier molecular flexibility index (Phi) is 5.59. The maximum Gasteiger partial charge on any atom is 0.229 e. The maximum absolute atomic E-state index is 13.6. The highest BCUT2D eigenvalue weighted by molar-refractivity contribution is 5.91. The van der Waals surface area contributed by atoms with Gasteiger partial charge in [-0.05, 0) is 30.7 Å². The van der Waals surface area contributed by atoms with Crippen molar-refractivity contribution in [3.05, 3.63) is 89.4 Å². The summed E-state index contributed by atoms with van der Waals surface area (Å²) in [4.78, 5) is 16.3. The third-order valence-corrected chi connectivity index (χ3v) is 3.92. The van der Waals surface area contributed by atoms with E-state index in [1.165, 1.54) is 6.07 Å². The summed E-state index contributed by atoms with van der Waals surface area (Å²) in [7, 11) is 0. The number of nitrogens with one attached hydrogen (secondary N) is 2. The van der Waals surface area contributed by atoms with Crippen molar-refractivity contribution < 1.29 is 9.18 Å². The van der Waals surface area contributed by atoms with Gasteiger partial charge < -0.3 is 10.6 Å². The fourth-order valence-corrected chi connectivity index (χ4v) is 2.61. The van der Waals surface area contributed by atoms with Crippen LogP contribution in [0.3, 0.4) is 0 Å². The number of rotatable bonds is 6. The number of aromatic nitrogens is 1. The van der Waals surface area contributed by atoms with Gasteiger partial charge in [-0.3, -0.25) is 4.79 Å². The Bertz CT molecular complexity index is 894. The summed E-state index contributed by atoms with van der Waals surface area (Å²) >= 11 is 0. The second-order valence-corrected chi connectivity index (χ2v) is 6.09. The highest BCUT2D eigenvalue weighted by atomic mass is 19.1. The van der Waals surface area contributed by atoms with Gasteiger partial charge >= 0.3 is 0 Å². The van der Waals surface area contributed by atoms with E-state index in [1.807, 2.05) is 31.2 Å². The quantitative estimate of drug-likeness (QED) is 0.697. The minimum atomic E-state index is -0.243. The fourth-order valence-electron chi connectivity index (χ4n) is 2.61. The number of hydrogen-bond donors (Lipinski definition) is 2. The molecule has 0 aliphatic rings. The van der Waals surface area contributed by atoms with Crippen LogP contribution >= 0.6 is 0 Å². The third kappa shape index (κ3) is 4.89. The average Bonchev–Trinajstić information content (AvgIpc) is 2.62. The summed E-state index contributed by atoms with van der Waals surface area (Å²) in [5.74, 6) is 0.127.